The molecule has 0 saturated heterocycles. The summed E-state index contributed by atoms with van der Waals surface area (Å²) in [6, 6.07) is 15.1. The molecular formula is C18H17NO3. The van der Waals surface area contributed by atoms with Gasteiger partial charge in [0.25, 0.3) is 0 Å². The summed E-state index contributed by atoms with van der Waals surface area (Å²) < 4.78 is 15.6. The van der Waals surface area contributed by atoms with Crippen LogP contribution in [-0.4, -0.2) is 21.3 Å². The van der Waals surface area contributed by atoms with E-state index in [9.17, 15) is 5.26 Å². The van der Waals surface area contributed by atoms with Gasteiger partial charge in [0, 0.05) is 6.07 Å². The third kappa shape index (κ3) is 3.58. The van der Waals surface area contributed by atoms with Crippen molar-refractivity contribution in [2.75, 3.05) is 21.3 Å². The van der Waals surface area contributed by atoms with Gasteiger partial charge in [-0.1, -0.05) is 12.1 Å². The zero-order valence-electron chi connectivity index (χ0n) is 12.8. The molecule has 0 unspecified atom stereocenters. The average Bonchev–Trinajstić information content (AvgIpc) is 2.59. The molecule has 0 aromatic heterocycles. The van der Waals surface area contributed by atoms with Crippen molar-refractivity contribution in [1.82, 2.24) is 0 Å². The van der Waals surface area contributed by atoms with E-state index in [1.165, 1.54) is 0 Å². The van der Waals surface area contributed by atoms with E-state index in [1.54, 1.807) is 39.5 Å². The van der Waals surface area contributed by atoms with E-state index in [1.807, 2.05) is 30.3 Å². The number of allylic oxidation sites excluding steroid dienone is 1. The summed E-state index contributed by atoms with van der Waals surface area (Å²) in [5.74, 6) is 2.06. The fourth-order valence-corrected chi connectivity index (χ4v) is 2.01. The maximum atomic E-state index is 9.44. The predicted octanol–water partition coefficient (Wildman–Crippen LogP) is 3.78. The number of hydrogen-bond donors (Lipinski definition) is 0. The molecule has 0 saturated carbocycles. The van der Waals surface area contributed by atoms with Crippen LogP contribution in [0.3, 0.4) is 0 Å². The number of rotatable bonds is 5. The lowest BCUT2D eigenvalue weighted by Gasteiger charge is -2.08. The molecule has 22 heavy (non-hydrogen) atoms. The normalized spacial score (nSPS) is 10.7. The Kier molecular flexibility index (Phi) is 5.05. The highest BCUT2D eigenvalue weighted by molar-refractivity contribution is 5.90. The zero-order chi connectivity index (χ0) is 15.9. The molecule has 4 nitrogen and oxygen atoms in total. The molecule has 112 valence electrons. The average molecular weight is 295 g/mol. The van der Waals surface area contributed by atoms with Gasteiger partial charge in [-0.05, 0) is 41.5 Å². The molecule has 0 aliphatic rings. The number of nitriles is 1. The summed E-state index contributed by atoms with van der Waals surface area (Å²) in [4.78, 5) is 0. The van der Waals surface area contributed by atoms with Crippen LogP contribution >= 0.6 is 0 Å². The summed E-state index contributed by atoms with van der Waals surface area (Å²) in [6.07, 6.45) is 1.81. The van der Waals surface area contributed by atoms with E-state index in [0.29, 0.717) is 17.1 Å². The first-order valence-electron chi connectivity index (χ1n) is 6.69. The molecule has 2 rings (SSSR count). The summed E-state index contributed by atoms with van der Waals surface area (Å²) >= 11 is 0. The second kappa shape index (κ2) is 7.19. The lowest BCUT2D eigenvalue weighted by Crippen LogP contribution is -1.91. The smallest absolute Gasteiger partial charge is 0.123 e. The van der Waals surface area contributed by atoms with E-state index in [-0.39, 0.29) is 0 Å². The van der Waals surface area contributed by atoms with Gasteiger partial charge in [0.05, 0.1) is 33.0 Å². The Labute approximate surface area is 130 Å². The standard InChI is InChI=1S/C18H17NO3/c1-20-16-6-4-13(5-7-16)8-15(12-19)14-9-17(21-2)11-18(10-14)22-3/h4-11H,1-3H3/b15-8+. The molecule has 0 spiro atoms. The molecule has 0 aliphatic carbocycles. The van der Waals surface area contributed by atoms with Crippen molar-refractivity contribution in [2.45, 2.75) is 0 Å². The molecule has 0 amide bonds. The fourth-order valence-electron chi connectivity index (χ4n) is 2.01. The minimum Gasteiger partial charge on any atom is -0.497 e. The molecule has 0 aliphatic heterocycles. The van der Waals surface area contributed by atoms with Gasteiger partial charge in [-0.15, -0.1) is 0 Å². The Balaban J connectivity index is 2.42. The van der Waals surface area contributed by atoms with Gasteiger partial charge in [-0.25, -0.2) is 0 Å². The monoisotopic (exact) mass is 295 g/mol. The highest BCUT2D eigenvalue weighted by atomic mass is 16.5. The molecule has 0 N–H and O–H groups in total. The molecule has 4 heteroatoms. The van der Waals surface area contributed by atoms with Gasteiger partial charge in [0.1, 0.15) is 17.2 Å². The number of benzene rings is 2. The predicted molar refractivity (Wildman–Crippen MR) is 86.0 cm³/mol. The lowest BCUT2D eigenvalue weighted by molar-refractivity contribution is 0.394. The van der Waals surface area contributed by atoms with Crippen molar-refractivity contribution < 1.29 is 14.2 Å². The van der Waals surface area contributed by atoms with Crippen LogP contribution in [0.4, 0.5) is 0 Å². The maximum Gasteiger partial charge on any atom is 0.123 e. The van der Waals surface area contributed by atoms with Gasteiger partial charge in [-0.3, -0.25) is 0 Å². The Hall–Kier alpha value is -2.93. The number of ether oxygens (including phenoxy) is 3. The highest BCUT2D eigenvalue weighted by Gasteiger charge is 2.07. The van der Waals surface area contributed by atoms with Gasteiger partial charge in [0.15, 0.2) is 0 Å². The van der Waals surface area contributed by atoms with Crippen molar-refractivity contribution in [2.24, 2.45) is 0 Å². The van der Waals surface area contributed by atoms with E-state index in [4.69, 9.17) is 14.2 Å². The summed E-state index contributed by atoms with van der Waals surface area (Å²) in [5.41, 5.74) is 2.19. The van der Waals surface area contributed by atoms with Gasteiger partial charge >= 0.3 is 0 Å². The summed E-state index contributed by atoms with van der Waals surface area (Å²) in [5, 5.41) is 9.44. The first-order chi connectivity index (χ1) is 10.7. The second-order valence-corrected chi connectivity index (χ2v) is 4.54. The van der Waals surface area contributed by atoms with Crippen LogP contribution in [0, 0.1) is 11.3 Å². The number of nitrogens with zero attached hydrogens (tertiary/aromatic N) is 1. The quantitative estimate of drug-likeness (QED) is 0.622. The van der Waals surface area contributed by atoms with Crippen LogP contribution in [0.25, 0.3) is 11.6 Å². The van der Waals surface area contributed by atoms with Crippen molar-refractivity contribution in [3.63, 3.8) is 0 Å². The van der Waals surface area contributed by atoms with Crippen LogP contribution in [0.1, 0.15) is 11.1 Å². The van der Waals surface area contributed by atoms with Crippen LogP contribution in [-0.2, 0) is 0 Å². The van der Waals surface area contributed by atoms with Crippen molar-refractivity contribution >= 4 is 11.6 Å². The Morgan fingerprint density at radius 1 is 0.864 bits per heavy atom. The number of hydrogen-bond acceptors (Lipinski definition) is 4. The van der Waals surface area contributed by atoms with Gasteiger partial charge in [-0.2, -0.15) is 5.26 Å². The largest absolute Gasteiger partial charge is 0.497 e. The molecule has 0 atom stereocenters. The zero-order valence-corrected chi connectivity index (χ0v) is 12.8. The van der Waals surface area contributed by atoms with Gasteiger partial charge in [0.2, 0.25) is 0 Å². The lowest BCUT2D eigenvalue weighted by atomic mass is 10.0. The van der Waals surface area contributed by atoms with Crippen LogP contribution in [0.2, 0.25) is 0 Å². The molecule has 0 fully saturated rings. The van der Waals surface area contributed by atoms with Crippen molar-refractivity contribution in [3.05, 3.63) is 53.6 Å². The van der Waals surface area contributed by atoms with Crippen LogP contribution in [0.15, 0.2) is 42.5 Å². The molecule has 0 heterocycles. The third-order valence-corrected chi connectivity index (χ3v) is 3.21. The first-order valence-corrected chi connectivity index (χ1v) is 6.69. The maximum absolute atomic E-state index is 9.44. The molecule has 0 radical (unpaired) electrons. The number of methoxy groups -OCH3 is 3. The summed E-state index contributed by atoms with van der Waals surface area (Å²) in [6.45, 7) is 0. The summed E-state index contributed by atoms with van der Waals surface area (Å²) in [7, 11) is 4.78. The SMILES string of the molecule is COc1ccc(/C=C(\C#N)c2cc(OC)cc(OC)c2)cc1. The molecule has 2 aromatic carbocycles. The van der Waals surface area contributed by atoms with E-state index >= 15 is 0 Å². The topological polar surface area (TPSA) is 51.5 Å². The van der Waals surface area contributed by atoms with Crippen LogP contribution in [0.5, 0.6) is 17.2 Å². The van der Waals surface area contributed by atoms with Crippen LogP contribution < -0.4 is 14.2 Å². The van der Waals surface area contributed by atoms with Crippen molar-refractivity contribution in [3.8, 4) is 23.3 Å². The van der Waals surface area contributed by atoms with Crippen molar-refractivity contribution in [1.29, 1.82) is 5.26 Å². The van der Waals surface area contributed by atoms with E-state index < -0.39 is 0 Å². The third-order valence-electron chi connectivity index (χ3n) is 3.21. The van der Waals surface area contributed by atoms with Gasteiger partial charge < -0.3 is 14.2 Å². The minimum absolute atomic E-state index is 0.530. The fraction of sp³-hybridized carbons (Fsp3) is 0.167. The minimum atomic E-state index is 0.530. The highest BCUT2D eigenvalue weighted by Crippen LogP contribution is 2.28. The van der Waals surface area contributed by atoms with E-state index in [2.05, 4.69) is 6.07 Å². The molecular weight excluding hydrogens is 278 g/mol. The second-order valence-electron chi connectivity index (χ2n) is 4.54. The Morgan fingerprint density at radius 3 is 1.86 bits per heavy atom. The Bertz CT molecular complexity index is 690. The Morgan fingerprint density at radius 2 is 1.41 bits per heavy atom. The first kappa shape index (κ1) is 15.5. The molecule has 0 bridgehead atoms. The van der Waals surface area contributed by atoms with E-state index in [0.717, 1.165) is 16.9 Å². The molecule has 2 aromatic rings.